The first-order valence-electron chi connectivity index (χ1n) is 7.99. The van der Waals surface area contributed by atoms with Crippen LogP contribution in [0.15, 0.2) is 5.38 Å². The van der Waals surface area contributed by atoms with Crippen molar-refractivity contribution in [1.29, 1.82) is 0 Å². The van der Waals surface area contributed by atoms with Crippen LogP contribution in [0.5, 0.6) is 0 Å². The van der Waals surface area contributed by atoms with Gasteiger partial charge >= 0.3 is 0 Å². The highest BCUT2D eigenvalue weighted by molar-refractivity contribution is 7.10. The van der Waals surface area contributed by atoms with Gasteiger partial charge in [0.2, 0.25) is 5.13 Å². The third kappa shape index (κ3) is 4.26. The third-order valence-electron chi connectivity index (χ3n) is 3.88. The van der Waals surface area contributed by atoms with Crippen LogP contribution in [0.2, 0.25) is 0 Å². The standard InChI is InChI=1S/C15H23N5OS2/c1-4-21-11(2)14-17-13(10-22-14)9-19-5-7-20(8-6-19)15-16-12(3)18-23-15/h10-11H,4-9H2,1-3H3. The lowest BCUT2D eigenvalue weighted by atomic mass is 10.3. The molecule has 1 unspecified atom stereocenters. The number of piperazine rings is 1. The van der Waals surface area contributed by atoms with Gasteiger partial charge in [0.25, 0.3) is 0 Å². The molecule has 0 aromatic carbocycles. The van der Waals surface area contributed by atoms with Crippen LogP contribution >= 0.6 is 22.9 Å². The summed E-state index contributed by atoms with van der Waals surface area (Å²) in [6.45, 7) is 11.7. The zero-order valence-electron chi connectivity index (χ0n) is 13.9. The van der Waals surface area contributed by atoms with Gasteiger partial charge in [-0.2, -0.15) is 4.37 Å². The molecule has 0 amide bonds. The Bertz CT molecular complexity index is 621. The largest absolute Gasteiger partial charge is 0.372 e. The summed E-state index contributed by atoms with van der Waals surface area (Å²) in [6.07, 6.45) is 0.0937. The molecule has 2 aromatic rings. The molecule has 0 spiro atoms. The molecule has 23 heavy (non-hydrogen) atoms. The summed E-state index contributed by atoms with van der Waals surface area (Å²) in [5, 5.41) is 4.28. The average molecular weight is 354 g/mol. The van der Waals surface area contributed by atoms with Gasteiger partial charge in [-0.25, -0.2) is 9.97 Å². The molecule has 8 heteroatoms. The fourth-order valence-electron chi connectivity index (χ4n) is 2.64. The van der Waals surface area contributed by atoms with Crippen LogP contribution in [0.3, 0.4) is 0 Å². The summed E-state index contributed by atoms with van der Waals surface area (Å²) < 4.78 is 9.88. The molecule has 1 atom stereocenters. The van der Waals surface area contributed by atoms with Crippen LogP contribution < -0.4 is 4.90 Å². The number of aromatic nitrogens is 3. The molecule has 0 radical (unpaired) electrons. The zero-order valence-corrected chi connectivity index (χ0v) is 15.5. The third-order valence-corrected chi connectivity index (χ3v) is 5.80. The van der Waals surface area contributed by atoms with Crippen LogP contribution in [0.4, 0.5) is 5.13 Å². The Labute approximate surface area is 145 Å². The summed E-state index contributed by atoms with van der Waals surface area (Å²) in [7, 11) is 0. The van der Waals surface area contributed by atoms with Crippen molar-refractivity contribution in [2.24, 2.45) is 0 Å². The maximum atomic E-state index is 5.61. The van der Waals surface area contributed by atoms with Gasteiger partial charge in [0.15, 0.2) is 0 Å². The monoisotopic (exact) mass is 353 g/mol. The molecule has 0 N–H and O–H groups in total. The van der Waals surface area contributed by atoms with E-state index in [1.54, 1.807) is 11.3 Å². The Balaban J connectivity index is 1.51. The zero-order chi connectivity index (χ0) is 16.2. The number of anilines is 1. The summed E-state index contributed by atoms with van der Waals surface area (Å²) >= 11 is 3.19. The van der Waals surface area contributed by atoms with Crippen molar-refractivity contribution < 1.29 is 4.74 Å². The number of aryl methyl sites for hydroxylation is 1. The number of thiazole rings is 1. The van der Waals surface area contributed by atoms with Gasteiger partial charge in [0.1, 0.15) is 16.9 Å². The highest BCUT2D eigenvalue weighted by Crippen LogP contribution is 2.23. The summed E-state index contributed by atoms with van der Waals surface area (Å²) in [4.78, 5) is 14.0. The molecule has 0 aliphatic carbocycles. The predicted molar refractivity (Wildman–Crippen MR) is 94.3 cm³/mol. The minimum Gasteiger partial charge on any atom is -0.372 e. The topological polar surface area (TPSA) is 54.4 Å². The number of hydrogen-bond acceptors (Lipinski definition) is 8. The van der Waals surface area contributed by atoms with Crippen LogP contribution in [-0.4, -0.2) is 52.0 Å². The Morgan fingerprint density at radius 2 is 2.04 bits per heavy atom. The maximum absolute atomic E-state index is 5.61. The van der Waals surface area contributed by atoms with Crippen LogP contribution in [0.1, 0.15) is 36.5 Å². The predicted octanol–water partition coefficient (Wildman–Crippen LogP) is 2.72. The molecular weight excluding hydrogens is 330 g/mol. The van der Waals surface area contributed by atoms with E-state index in [9.17, 15) is 0 Å². The van der Waals surface area contributed by atoms with Crippen molar-refractivity contribution in [3.8, 4) is 0 Å². The fourth-order valence-corrected chi connectivity index (χ4v) is 4.18. The van der Waals surface area contributed by atoms with Crippen LogP contribution in [0.25, 0.3) is 0 Å². The minimum atomic E-state index is 0.0937. The van der Waals surface area contributed by atoms with Crippen molar-refractivity contribution in [2.45, 2.75) is 33.4 Å². The van der Waals surface area contributed by atoms with E-state index in [0.29, 0.717) is 0 Å². The Morgan fingerprint density at radius 3 is 2.70 bits per heavy atom. The molecule has 3 heterocycles. The first-order valence-corrected chi connectivity index (χ1v) is 9.64. The quantitative estimate of drug-likeness (QED) is 0.796. The van der Waals surface area contributed by atoms with Crippen LogP contribution in [-0.2, 0) is 11.3 Å². The van der Waals surface area contributed by atoms with Gasteiger partial charge in [0, 0.05) is 56.2 Å². The van der Waals surface area contributed by atoms with Gasteiger partial charge in [-0.15, -0.1) is 11.3 Å². The highest BCUT2D eigenvalue weighted by atomic mass is 32.1. The number of rotatable bonds is 6. The van der Waals surface area contributed by atoms with Gasteiger partial charge in [0.05, 0.1) is 5.69 Å². The summed E-state index contributed by atoms with van der Waals surface area (Å²) in [5.41, 5.74) is 1.15. The lowest BCUT2D eigenvalue weighted by Gasteiger charge is -2.33. The molecule has 6 nitrogen and oxygen atoms in total. The van der Waals surface area contributed by atoms with E-state index in [1.807, 2.05) is 13.8 Å². The molecule has 1 aliphatic rings. The second kappa shape index (κ2) is 7.65. The summed E-state index contributed by atoms with van der Waals surface area (Å²) in [6, 6.07) is 0. The van der Waals surface area contributed by atoms with Crippen molar-refractivity contribution in [2.75, 3.05) is 37.7 Å². The van der Waals surface area contributed by atoms with Crippen molar-refractivity contribution >= 4 is 28.0 Å². The Morgan fingerprint density at radius 1 is 1.26 bits per heavy atom. The molecule has 0 saturated carbocycles. The van der Waals surface area contributed by atoms with Crippen LogP contribution in [0, 0.1) is 6.92 Å². The molecule has 1 aliphatic heterocycles. The molecule has 3 rings (SSSR count). The van der Waals surface area contributed by atoms with Gasteiger partial charge in [-0.1, -0.05) is 0 Å². The van der Waals surface area contributed by atoms with Gasteiger partial charge in [-0.3, -0.25) is 4.90 Å². The maximum Gasteiger partial charge on any atom is 0.205 e. The molecule has 126 valence electrons. The lowest BCUT2D eigenvalue weighted by molar-refractivity contribution is 0.0760. The molecule has 1 fully saturated rings. The van der Waals surface area contributed by atoms with E-state index >= 15 is 0 Å². The second-order valence-corrected chi connectivity index (χ2v) is 7.28. The van der Waals surface area contributed by atoms with Crippen molar-refractivity contribution in [3.05, 3.63) is 21.9 Å². The van der Waals surface area contributed by atoms with E-state index in [0.717, 1.165) is 61.0 Å². The van der Waals surface area contributed by atoms with Gasteiger partial charge in [-0.05, 0) is 20.8 Å². The van der Waals surface area contributed by atoms with E-state index in [1.165, 1.54) is 11.5 Å². The highest BCUT2D eigenvalue weighted by Gasteiger charge is 2.20. The molecule has 0 bridgehead atoms. The molecule has 1 saturated heterocycles. The van der Waals surface area contributed by atoms with E-state index in [2.05, 4.69) is 31.5 Å². The molecule has 2 aromatic heterocycles. The SMILES string of the molecule is CCOC(C)c1nc(CN2CCN(c3nc(C)ns3)CC2)cs1. The Kier molecular flexibility index (Phi) is 5.58. The number of hydrogen-bond donors (Lipinski definition) is 0. The van der Waals surface area contributed by atoms with Crippen molar-refractivity contribution in [3.63, 3.8) is 0 Å². The smallest absolute Gasteiger partial charge is 0.205 e. The lowest BCUT2D eigenvalue weighted by Crippen LogP contribution is -2.46. The fraction of sp³-hybridized carbons (Fsp3) is 0.667. The van der Waals surface area contributed by atoms with E-state index in [-0.39, 0.29) is 6.10 Å². The molecular formula is C15H23N5OS2. The van der Waals surface area contributed by atoms with Crippen molar-refractivity contribution in [1.82, 2.24) is 19.2 Å². The average Bonchev–Trinajstić information content (AvgIpc) is 3.18. The second-order valence-electron chi connectivity index (χ2n) is 5.66. The van der Waals surface area contributed by atoms with Gasteiger partial charge < -0.3 is 9.64 Å². The normalized spacial score (nSPS) is 17.6. The summed E-state index contributed by atoms with van der Waals surface area (Å²) in [5.74, 6) is 0.867. The number of nitrogens with zero attached hydrogens (tertiary/aromatic N) is 5. The first kappa shape index (κ1) is 16.8. The van der Waals surface area contributed by atoms with E-state index in [4.69, 9.17) is 9.72 Å². The first-order chi connectivity index (χ1) is 11.2. The Hall–Kier alpha value is -1.09. The number of ether oxygens (including phenoxy) is 1. The van der Waals surface area contributed by atoms with E-state index < -0.39 is 0 Å². The minimum absolute atomic E-state index is 0.0937.